The van der Waals surface area contributed by atoms with Crippen molar-refractivity contribution in [1.29, 1.82) is 0 Å². The van der Waals surface area contributed by atoms with Gasteiger partial charge in [-0.25, -0.2) is 9.48 Å². The molecule has 1 fully saturated rings. The number of benzene rings is 1. The molecule has 1 aliphatic rings. The van der Waals surface area contributed by atoms with Crippen molar-refractivity contribution in [3.8, 4) is 0 Å². The maximum absolute atomic E-state index is 12.2. The van der Waals surface area contributed by atoms with Gasteiger partial charge < -0.3 is 21.1 Å². The first kappa shape index (κ1) is 16.8. The second kappa shape index (κ2) is 7.25. The van der Waals surface area contributed by atoms with E-state index in [4.69, 9.17) is 16.2 Å². The molecule has 25 heavy (non-hydrogen) atoms. The van der Waals surface area contributed by atoms with Gasteiger partial charge in [-0.3, -0.25) is 4.79 Å². The van der Waals surface area contributed by atoms with Crippen LogP contribution in [0.25, 0.3) is 0 Å². The topological polar surface area (TPSA) is 116 Å². The fourth-order valence-electron chi connectivity index (χ4n) is 2.96. The molecule has 1 aromatic heterocycles. The summed E-state index contributed by atoms with van der Waals surface area (Å²) in [4.78, 5) is 25.1. The van der Waals surface area contributed by atoms with Gasteiger partial charge in [0.15, 0.2) is 0 Å². The van der Waals surface area contributed by atoms with Crippen molar-refractivity contribution >= 4 is 17.8 Å². The van der Waals surface area contributed by atoms with Crippen LogP contribution in [0.4, 0.5) is 10.6 Å². The number of anilines is 1. The minimum Gasteiger partial charge on any atom is -0.445 e. The third-order valence-corrected chi connectivity index (χ3v) is 4.37. The van der Waals surface area contributed by atoms with Gasteiger partial charge in [-0.1, -0.05) is 30.3 Å². The molecule has 8 nitrogen and oxygen atoms in total. The van der Waals surface area contributed by atoms with Crippen LogP contribution in [0.1, 0.15) is 34.8 Å². The van der Waals surface area contributed by atoms with Crippen LogP contribution in [-0.4, -0.2) is 39.8 Å². The van der Waals surface area contributed by atoms with Crippen molar-refractivity contribution < 1.29 is 14.3 Å². The van der Waals surface area contributed by atoms with Gasteiger partial charge in [0, 0.05) is 13.1 Å². The first-order valence-electron chi connectivity index (χ1n) is 8.14. The Morgan fingerprint density at radius 2 is 1.88 bits per heavy atom. The second-order valence-corrected chi connectivity index (χ2v) is 6.01. The molecule has 0 radical (unpaired) electrons. The third kappa shape index (κ3) is 3.73. The summed E-state index contributed by atoms with van der Waals surface area (Å²) in [6.45, 7) is 1.35. The van der Waals surface area contributed by atoms with E-state index in [1.54, 1.807) is 9.58 Å². The molecule has 0 spiro atoms. The zero-order chi connectivity index (χ0) is 17.8. The summed E-state index contributed by atoms with van der Waals surface area (Å²) in [7, 11) is 0. The first-order valence-corrected chi connectivity index (χ1v) is 8.14. The van der Waals surface area contributed by atoms with Gasteiger partial charge in [-0.15, -0.1) is 0 Å². The lowest BCUT2D eigenvalue weighted by Crippen LogP contribution is -2.39. The molecule has 1 saturated heterocycles. The Kier molecular flexibility index (Phi) is 4.87. The summed E-state index contributed by atoms with van der Waals surface area (Å²) in [5, 5.41) is 4.16. The summed E-state index contributed by atoms with van der Waals surface area (Å²) in [5.41, 5.74) is 12.4. The maximum Gasteiger partial charge on any atom is 0.410 e. The fraction of sp³-hybridized carbons (Fsp3) is 0.353. The number of carbonyl (C=O) groups excluding carboxylic acids is 2. The predicted octanol–water partition coefficient (Wildman–Crippen LogP) is 1.54. The lowest BCUT2D eigenvalue weighted by Gasteiger charge is -2.31. The van der Waals surface area contributed by atoms with Crippen LogP contribution < -0.4 is 11.5 Å². The Morgan fingerprint density at radius 3 is 2.48 bits per heavy atom. The zero-order valence-corrected chi connectivity index (χ0v) is 13.8. The molecule has 2 heterocycles. The monoisotopic (exact) mass is 343 g/mol. The van der Waals surface area contributed by atoms with Crippen LogP contribution in [0.2, 0.25) is 0 Å². The molecule has 8 heteroatoms. The third-order valence-electron chi connectivity index (χ3n) is 4.37. The van der Waals surface area contributed by atoms with Crippen molar-refractivity contribution in [2.75, 3.05) is 18.8 Å². The van der Waals surface area contributed by atoms with Gasteiger partial charge in [-0.05, 0) is 18.4 Å². The highest BCUT2D eigenvalue weighted by molar-refractivity contribution is 5.96. The summed E-state index contributed by atoms with van der Waals surface area (Å²) < 4.78 is 6.96. The molecule has 0 atom stereocenters. The number of likely N-dealkylation sites (tertiary alicyclic amines) is 1. The predicted molar refractivity (Wildman–Crippen MR) is 91.6 cm³/mol. The van der Waals surface area contributed by atoms with Gasteiger partial charge in [-0.2, -0.15) is 5.10 Å². The largest absolute Gasteiger partial charge is 0.445 e. The van der Waals surface area contributed by atoms with Gasteiger partial charge in [0.1, 0.15) is 18.0 Å². The molecule has 0 saturated carbocycles. The van der Waals surface area contributed by atoms with Crippen molar-refractivity contribution in [1.82, 2.24) is 14.7 Å². The Hall–Kier alpha value is -3.03. The Bertz CT molecular complexity index is 751. The molecule has 0 unspecified atom stereocenters. The number of aromatic nitrogens is 2. The molecule has 0 bridgehead atoms. The molecular formula is C17H21N5O3. The van der Waals surface area contributed by atoms with E-state index in [9.17, 15) is 9.59 Å². The maximum atomic E-state index is 12.2. The van der Waals surface area contributed by atoms with E-state index >= 15 is 0 Å². The van der Waals surface area contributed by atoms with E-state index in [2.05, 4.69) is 5.10 Å². The van der Waals surface area contributed by atoms with Crippen molar-refractivity contribution in [3.05, 3.63) is 47.7 Å². The molecule has 1 aromatic carbocycles. The Labute approximate surface area is 145 Å². The van der Waals surface area contributed by atoms with Crippen molar-refractivity contribution in [2.45, 2.75) is 25.5 Å². The van der Waals surface area contributed by atoms with Crippen molar-refractivity contribution in [3.63, 3.8) is 0 Å². The lowest BCUT2D eigenvalue weighted by atomic mass is 10.1. The minimum absolute atomic E-state index is 0.0336. The molecule has 4 N–H and O–H groups in total. The highest BCUT2D eigenvalue weighted by Gasteiger charge is 2.27. The highest BCUT2D eigenvalue weighted by atomic mass is 16.6. The van der Waals surface area contributed by atoms with Gasteiger partial charge >= 0.3 is 6.09 Å². The van der Waals surface area contributed by atoms with E-state index in [-0.39, 0.29) is 30.1 Å². The number of hydrogen-bond acceptors (Lipinski definition) is 5. The second-order valence-electron chi connectivity index (χ2n) is 6.01. The number of nitrogens with zero attached hydrogens (tertiary/aromatic N) is 3. The molecule has 1 aliphatic heterocycles. The van der Waals surface area contributed by atoms with Crippen LogP contribution in [0.3, 0.4) is 0 Å². The van der Waals surface area contributed by atoms with Crippen molar-refractivity contribution in [2.24, 2.45) is 5.73 Å². The number of nitrogen functional groups attached to an aromatic ring is 1. The zero-order valence-electron chi connectivity index (χ0n) is 13.8. The fourth-order valence-corrected chi connectivity index (χ4v) is 2.96. The number of piperidine rings is 1. The quantitative estimate of drug-likeness (QED) is 0.873. The standard InChI is InChI=1S/C17H21N5O3/c18-15-14(16(19)23)10-20-22(15)13-6-8-21(9-7-13)17(24)25-11-12-4-2-1-3-5-12/h1-5,10,13H,6-9,11,18H2,(H2,19,23). The van der Waals surface area contributed by atoms with Crippen LogP contribution in [-0.2, 0) is 11.3 Å². The van der Waals surface area contributed by atoms with Crippen LogP contribution in [0.5, 0.6) is 0 Å². The lowest BCUT2D eigenvalue weighted by molar-refractivity contribution is 0.0823. The van der Waals surface area contributed by atoms with E-state index in [1.807, 2.05) is 30.3 Å². The smallest absolute Gasteiger partial charge is 0.410 e. The van der Waals surface area contributed by atoms with E-state index in [0.29, 0.717) is 25.9 Å². The molecule has 2 aromatic rings. The van der Waals surface area contributed by atoms with Crippen LogP contribution in [0.15, 0.2) is 36.5 Å². The number of nitrogens with two attached hydrogens (primary N) is 2. The summed E-state index contributed by atoms with van der Waals surface area (Å²) in [6, 6.07) is 9.59. The molecule has 3 rings (SSSR count). The number of carbonyl (C=O) groups is 2. The number of amides is 2. The summed E-state index contributed by atoms with van der Waals surface area (Å²) in [5.74, 6) is -0.316. The van der Waals surface area contributed by atoms with E-state index < -0.39 is 5.91 Å². The van der Waals surface area contributed by atoms with E-state index in [1.165, 1.54) is 6.20 Å². The minimum atomic E-state index is -0.592. The average Bonchev–Trinajstić information content (AvgIpc) is 3.02. The average molecular weight is 343 g/mol. The number of primary amides is 1. The molecular weight excluding hydrogens is 322 g/mol. The first-order chi connectivity index (χ1) is 12.1. The summed E-state index contributed by atoms with van der Waals surface area (Å²) >= 11 is 0. The molecule has 0 aliphatic carbocycles. The molecule has 132 valence electrons. The van der Waals surface area contributed by atoms with Gasteiger partial charge in [0.05, 0.1) is 12.2 Å². The van der Waals surface area contributed by atoms with Gasteiger partial charge in [0.2, 0.25) is 0 Å². The normalized spacial score (nSPS) is 15.1. The highest BCUT2D eigenvalue weighted by Crippen LogP contribution is 2.26. The number of hydrogen-bond donors (Lipinski definition) is 2. The van der Waals surface area contributed by atoms with Crippen LogP contribution in [0, 0.1) is 0 Å². The van der Waals surface area contributed by atoms with E-state index in [0.717, 1.165) is 5.56 Å². The number of rotatable bonds is 4. The molecule has 2 amide bonds. The Morgan fingerprint density at radius 1 is 1.20 bits per heavy atom. The number of ether oxygens (including phenoxy) is 1. The SMILES string of the molecule is NC(=O)c1cnn(C2CCN(C(=O)OCc3ccccc3)CC2)c1N. The van der Waals surface area contributed by atoms with Crippen LogP contribution >= 0.6 is 0 Å². The Balaban J connectivity index is 1.53. The van der Waals surface area contributed by atoms with Gasteiger partial charge in [0.25, 0.3) is 5.91 Å². The summed E-state index contributed by atoms with van der Waals surface area (Å²) in [6.07, 6.45) is 2.43.